The molecule has 0 saturated carbocycles. The van der Waals surface area contributed by atoms with Crippen LogP contribution in [-0.2, 0) is 0 Å². The van der Waals surface area contributed by atoms with Gasteiger partial charge in [-0.05, 0) is 20.4 Å². The SMILES string of the molecule is CCC(C)N(C)CC(N)CO. The fraction of sp³-hybridized carbons (Fsp3) is 1.00. The molecule has 0 aliphatic rings. The molecule has 0 heterocycles. The minimum absolute atomic E-state index is 0.0702. The molecular weight excluding hydrogens is 140 g/mol. The number of aliphatic hydroxyl groups excluding tert-OH is 1. The van der Waals surface area contributed by atoms with Crippen LogP contribution in [0.3, 0.4) is 0 Å². The third-order valence-corrected chi connectivity index (χ3v) is 2.10. The maximum Gasteiger partial charge on any atom is 0.0595 e. The lowest BCUT2D eigenvalue weighted by Gasteiger charge is -2.25. The van der Waals surface area contributed by atoms with Gasteiger partial charge in [0, 0.05) is 18.6 Å². The standard InChI is InChI=1S/C8H20N2O/c1-4-7(2)10(3)5-8(9)6-11/h7-8,11H,4-6,9H2,1-3H3. The average Bonchev–Trinajstić information content (AvgIpc) is 2.02. The van der Waals surface area contributed by atoms with Crippen LogP contribution in [0, 0.1) is 0 Å². The van der Waals surface area contributed by atoms with Crippen molar-refractivity contribution in [2.75, 3.05) is 20.2 Å². The van der Waals surface area contributed by atoms with Gasteiger partial charge in [0.1, 0.15) is 0 Å². The molecule has 0 amide bonds. The van der Waals surface area contributed by atoms with Crippen molar-refractivity contribution in [3.63, 3.8) is 0 Å². The Morgan fingerprint density at radius 1 is 1.55 bits per heavy atom. The predicted molar refractivity (Wildman–Crippen MR) is 47.4 cm³/mol. The minimum Gasteiger partial charge on any atom is -0.395 e. The molecule has 0 aliphatic carbocycles. The van der Waals surface area contributed by atoms with Crippen LogP contribution in [0.15, 0.2) is 0 Å². The Balaban J connectivity index is 3.58. The van der Waals surface area contributed by atoms with Crippen LogP contribution >= 0.6 is 0 Å². The van der Waals surface area contributed by atoms with Gasteiger partial charge in [-0.25, -0.2) is 0 Å². The Kier molecular flexibility index (Phi) is 5.46. The summed E-state index contributed by atoms with van der Waals surface area (Å²) in [6.45, 7) is 5.14. The molecule has 0 rings (SSSR count). The van der Waals surface area contributed by atoms with Crippen LogP contribution in [0.2, 0.25) is 0 Å². The number of hydrogen-bond donors (Lipinski definition) is 2. The van der Waals surface area contributed by atoms with Gasteiger partial charge in [-0.15, -0.1) is 0 Å². The van der Waals surface area contributed by atoms with E-state index in [1.165, 1.54) is 0 Å². The summed E-state index contributed by atoms with van der Waals surface area (Å²) in [6, 6.07) is 0.446. The Labute approximate surface area is 69.2 Å². The first-order chi connectivity index (χ1) is 5.11. The maximum atomic E-state index is 8.69. The second-order valence-electron chi connectivity index (χ2n) is 3.14. The Morgan fingerprint density at radius 2 is 2.09 bits per heavy atom. The first-order valence-electron chi connectivity index (χ1n) is 4.18. The van der Waals surface area contributed by atoms with E-state index in [0.717, 1.165) is 13.0 Å². The third kappa shape index (κ3) is 4.35. The van der Waals surface area contributed by atoms with Crippen LogP contribution in [-0.4, -0.2) is 42.3 Å². The van der Waals surface area contributed by atoms with Crippen molar-refractivity contribution in [3.05, 3.63) is 0 Å². The normalized spacial score (nSPS) is 16.9. The van der Waals surface area contributed by atoms with E-state index in [9.17, 15) is 0 Å². The largest absolute Gasteiger partial charge is 0.395 e. The Morgan fingerprint density at radius 3 is 2.45 bits per heavy atom. The third-order valence-electron chi connectivity index (χ3n) is 2.10. The van der Waals surface area contributed by atoms with Gasteiger partial charge >= 0.3 is 0 Å². The smallest absolute Gasteiger partial charge is 0.0595 e. The minimum atomic E-state index is -0.103. The quantitative estimate of drug-likeness (QED) is 0.597. The maximum absolute atomic E-state index is 8.69. The fourth-order valence-corrected chi connectivity index (χ4v) is 0.919. The summed E-state index contributed by atoms with van der Waals surface area (Å²) in [6.07, 6.45) is 1.12. The lowest BCUT2D eigenvalue weighted by molar-refractivity contribution is 0.191. The van der Waals surface area contributed by atoms with E-state index < -0.39 is 0 Å². The summed E-state index contributed by atoms with van der Waals surface area (Å²) >= 11 is 0. The van der Waals surface area contributed by atoms with Crippen LogP contribution in [0.4, 0.5) is 0 Å². The monoisotopic (exact) mass is 160 g/mol. The molecule has 0 aromatic heterocycles. The average molecular weight is 160 g/mol. The number of rotatable bonds is 5. The van der Waals surface area contributed by atoms with Crippen molar-refractivity contribution in [2.24, 2.45) is 5.73 Å². The van der Waals surface area contributed by atoms with Crippen molar-refractivity contribution < 1.29 is 5.11 Å². The molecule has 0 aromatic rings. The molecule has 2 atom stereocenters. The van der Waals surface area contributed by atoms with Crippen LogP contribution in [0.5, 0.6) is 0 Å². The molecule has 0 aliphatic heterocycles. The second kappa shape index (κ2) is 5.52. The van der Waals surface area contributed by atoms with Crippen molar-refractivity contribution in [3.8, 4) is 0 Å². The molecule has 2 unspecified atom stereocenters. The van der Waals surface area contributed by atoms with Crippen LogP contribution in [0.1, 0.15) is 20.3 Å². The lowest BCUT2D eigenvalue weighted by Crippen LogP contribution is -2.41. The molecule has 3 heteroatoms. The van der Waals surface area contributed by atoms with E-state index in [4.69, 9.17) is 10.8 Å². The van der Waals surface area contributed by atoms with E-state index in [1.54, 1.807) is 0 Å². The van der Waals surface area contributed by atoms with Crippen molar-refractivity contribution in [2.45, 2.75) is 32.4 Å². The predicted octanol–water partition coefficient (Wildman–Crippen LogP) is 0.0363. The van der Waals surface area contributed by atoms with Gasteiger partial charge in [-0.1, -0.05) is 6.92 Å². The number of likely N-dealkylation sites (N-methyl/N-ethyl adjacent to an activating group) is 1. The molecule has 0 aromatic carbocycles. The van der Waals surface area contributed by atoms with E-state index in [2.05, 4.69) is 18.7 Å². The van der Waals surface area contributed by atoms with Gasteiger partial charge in [0.25, 0.3) is 0 Å². The molecule has 0 fully saturated rings. The first-order valence-corrected chi connectivity index (χ1v) is 4.18. The fourth-order valence-electron chi connectivity index (χ4n) is 0.919. The number of nitrogens with zero attached hydrogens (tertiary/aromatic N) is 1. The molecule has 0 radical (unpaired) electrons. The second-order valence-corrected chi connectivity index (χ2v) is 3.14. The van der Waals surface area contributed by atoms with Gasteiger partial charge in [-0.2, -0.15) is 0 Å². The van der Waals surface area contributed by atoms with Crippen molar-refractivity contribution in [1.29, 1.82) is 0 Å². The molecule has 11 heavy (non-hydrogen) atoms. The highest BCUT2D eigenvalue weighted by Crippen LogP contribution is 1.99. The molecular formula is C8H20N2O. The first kappa shape index (κ1) is 10.9. The van der Waals surface area contributed by atoms with E-state index in [-0.39, 0.29) is 12.6 Å². The summed E-state index contributed by atoms with van der Waals surface area (Å²) < 4.78 is 0. The van der Waals surface area contributed by atoms with Gasteiger partial charge < -0.3 is 15.7 Å². The summed E-state index contributed by atoms with van der Waals surface area (Å²) in [4.78, 5) is 2.17. The van der Waals surface area contributed by atoms with Crippen LogP contribution in [0.25, 0.3) is 0 Å². The topological polar surface area (TPSA) is 49.5 Å². The molecule has 3 N–H and O–H groups in total. The Bertz CT molecular complexity index is 98.1. The van der Waals surface area contributed by atoms with Gasteiger partial charge in [0.05, 0.1) is 6.61 Å². The summed E-state index contributed by atoms with van der Waals surface area (Å²) in [7, 11) is 2.03. The van der Waals surface area contributed by atoms with E-state index in [1.807, 2.05) is 7.05 Å². The number of aliphatic hydroxyl groups is 1. The summed E-state index contributed by atoms with van der Waals surface area (Å²) in [5, 5.41) is 8.69. The molecule has 0 spiro atoms. The molecule has 3 nitrogen and oxygen atoms in total. The van der Waals surface area contributed by atoms with E-state index >= 15 is 0 Å². The lowest BCUT2D eigenvalue weighted by atomic mass is 10.2. The van der Waals surface area contributed by atoms with E-state index in [0.29, 0.717) is 6.04 Å². The zero-order valence-electron chi connectivity index (χ0n) is 7.75. The highest BCUT2D eigenvalue weighted by molar-refractivity contribution is 4.68. The van der Waals surface area contributed by atoms with Crippen LogP contribution < -0.4 is 5.73 Å². The zero-order valence-corrected chi connectivity index (χ0v) is 7.75. The number of hydrogen-bond acceptors (Lipinski definition) is 3. The summed E-state index contributed by atoms with van der Waals surface area (Å²) in [5.41, 5.74) is 5.57. The van der Waals surface area contributed by atoms with Crippen molar-refractivity contribution in [1.82, 2.24) is 4.90 Å². The van der Waals surface area contributed by atoms with Crippen molar-refractivity contribution >= 4 is 0 Å². The molecule has 0 bridgehead atoms. The Hall–Kier alpha value is -0.120. The summed E-state index contributed by atoms with van der Waals surface area (Å²) in [5.74, 6) is 0. The van der Waals surface area contributed by atoms with Gasteiger partial charge in [0.2, 0.25) is 0 Å². The zero-order chi connectivity index (χ0) is 8.85. The molecule has 68 valence electrons. The number of nitrogens with two attached hydrogens (primary N) is 1. The highest BCUT2D eigenvalue weighted by Gasteiger charge is 2.09. The highest BCUT2D eigenvalue weighted by atomic mass is 16.3. The molecule has 0 saturated heterocycles. The van der Waals surface area contributed by atoms with Gasteiger partial charge in [-0.3, -0.25) is 0 Å². The van der Waals surface area contributed by atoms with Gasteiger partial charge in [0.15, 0.2) is 0 Å².